The fourth-order valence-electron chi connectivity index (χ4n) is 3.23. The van der Waals surface area contributed by atoms with Gasteiger partial charge in [0.05, 0.1) is 18.3 Å². The van der Waals surface area contributed by atoms with Gasteiger partial charge >= 0.3 is 0 Å². The molecule has 1 aliphatic rings. The average molecular weight is 312 g/mol. The monoisotopic (exact) mass is 312 g/mol. The lowest BCUT2D eigenvalue weighted by atomic mass is 9.83. The Morgan fingerprint density at radius 1 is 1.13 bits per heavy atom. The Hall–Kier alpha value is -1.84. The Morgan fingerprint density at radius 2 is 1.96 bits per heavy atom. The Balaban J connectivity index is 1.76. The molecular formula is C20H24O3. The maximum absolute atomic E-state index is 5.95. The molecule has 1 fully saturated rings. The van der Waals surface area contributed by atoms with Crippen molar-refractivity contribution in [1.82, 2.24) is 0 Å². The van der Waals surface area contributed by atoms with Gasteiger partial charge in [-0.1, -0.05) is 42.5 Å². The fourth-order valence-corrected chi connectivity index (χ4v) is 3.23. The number of hydrogen-bond donors (Lipinski definition) is 0. The molecule has 0 aliphatic carbocycles. The highest BCUT2D eigenvalue weighted by atomic mass is 16.5. The van der Waals surface area contributed by atoms with Crippen molar-refractivity contribution in [3.63, 3.8) is 0 Å². The molecule has 0 N–H and O–H groups in total. The van der Waals surface area contributed by atoms with E-state index in [9.17, 15) is 0 Å². The van der Waals surface area contributed by atoms with Crippen LogP contribution in [0.2, 0.25) is 0 Å². The van der Waals surface area contributed by atoms with Gasteiger partial charge < -0.3 is 14.2 Å². The molecule has 0 aromatic heterocycles. The van der Waals surface area contributed by atoms with Crippen LogP contribution in [0, 0.1) is 0 Å². The van der Waals surface area contributed by atoms with Gasteiger partial charge in [0.2, 0.25) is 0 Å². The van der Waals surface area contributed by atoms with Crippen LogP contribution in [-0.4, -0.2) is 19.8 Å². The van der Waals surface area contributed by atoms with E-state index in [1.54, 1.807) is 7.11 Å². The topological polar surface area (TPSA) is 27.7 Å². The third-order valence-corrected chi connectivity index (χ3v) is 4.52. The highest BCUT2D eigenvalue weighted by Gasteiger charge is 2.37. The molecule has 0 saturated carbocycles. The second-order valence-corrected chi connectivity index (χ2v) is 6.14. The SMILES string of the molecule is CO[C@]1(c2cccc(OCc3ccccc3)c2)CCO[C@@H](C)C1. The van der Waals surface area contributed by atoms with E-state index >= 15 is 0 Å². The molecule has 1 saturated heterocycles. The smallest absolute Gasteiger partial charge is 0.120 e. The van der Waals surface area contributed by atoms with Crippen LogP contribution in [0.1, 0.15) is 30.9 Å². The molecule has 0 amide bonds. The summed E-state index contributed by atoms with van der Waals surface area (Å²) in [5, 5.41) is 0. The highest BCUT2D eigenvalue weighted by molar-refractivity contribution is 5.33. The fraction of sp³-hybridized carbons (Fsp3) is 0.400. The van der Waals surface area contributed by atoms with Crippen molar-refractivity contribution < 1.29 is 14.2 Å². The number of benzene rings is 2. The maximum atomic E-state index is 5.95. The summed E-state index contributed by atoms with van der Waals surface area (Å²) in [7, 11) is 1.79. The van der Waals surface area contributed by atoms with Gasteiger partial charge in [-0.05, 0) is 30.2 Å². The van der Waals surface area contributed by atoms with E-state index in [2.05, 4.69) is 31.2 Å². The molecule has 3 rings (SSSR count). The summed E-state index contributed by atoms with van der Waals surface area (Å²) in [5.41, 5.74) is 2.06. The quantitative estimate of drug-likeness (QED) is 0.823. The van der Waals surface area contributed by atoms with Crippen LogP contribution in [0.5, 0.6) is 5.75 Å². The third kappa shape index (κ3) is 3.74. The molecule has 2 aromatic carbocycles. The molecule has 3 heteroatoms. The lowest BCUT2D eigenvalue weighted by Crippen LogP contribution is -2.39. The summed E-state index contributed by atoms with van der Waals surface area (Å²) in [6.45, 7) is 3.40. The minimum Gasteiger partial charge on any atom is -0.489 e. The summed E-state index contributed by atoms with van der Waals surface area (Å²) < 4.78 is 17.6. The van der Waals surface area contributed by atoms with Gasteiger partial charge in [-0.2, -0.15) is 0 Å². The van der Waals surface area contributed by atoms with Crippen molar-refractivity contribution in [1.29, 1.82) is 0 Å². The molecule has 0 bridgehead atoms. The van der Waals surface area contributed by atoms with E-state index in [0.29, 0.717) is 6.61 Å². The first-order chi connectivity index (χ1) is 11.2. The predicted octanol–water partition coefficient (Wildman–Crippen LogP) is 4.31. The predicted molar refractivity (Wildman–Crippen MR) is 90.6 cm³/mol. The van der Waals surface area contributed by atoms with Gasteiger partial charge in [0.25, 0.3) is 0 Å². The minimum absolute atomic E-state index is 0.206. The molecule has 23 heavy (non-hydrogen) atoms. The first kappa shape index (κ1) is 16.0. The third-order valence-electron chi connectivity index (χ3n) is 4.52. The van der Waals surface area contributed by atoms with Crippen LogP contribution in [-0.2, 0) is 21.7 Å². The van der Waals surface area contributed by atoms with Crippen LogP contribution in [0.3, 0.4) is 0 Å². The van der Waals surface area contributed by atoms with Crippen molar-refractivity contribution in [2.75, 3.05) is 13.7 Å². The molecule has 0 radical (unpaired) electrons. The van der Waals surface area contributed by atoms with Crippen LogP contribution in [0.4, 0.5) is 0 Å². The summed E-state index contributed by atoms with van der Waals surface area (Å²) in [6.07, 6.45) is 1.94. The van der Waals surface area contributed by atoms with Gasteiger partial charge in [0.1, 0.15) is 12.4 Å². The molecule has 1 aliphatic heterocycles. The molecule has 0 spiro atoms. The Labute approximate surface area is 138 Å². The molecule has 0 unspecified atom stereocenters. The van der Waals surface area contributed by atoms with Gasteiger partial charge in [-0.3, -0.25) is 0 Å². The molecule has 2 aromatic rings. The zero-order valence-corrected chi connectivity index (χ0v) is 13.8. The van der Waals surface area contributed by atoms with Crippen molar-refractivity contribution in [2.24, 2.45) is 0 Å². The zero-order valence-electron chi connectivity index (χ0n) is 13.8. The van der Waals surface area contributed by atoms with Gasteiger partial charge in [0.15, 0.2) is 0 Å². The Morgan fingerprint density at radius 3 is 2.70 bits per heavy atom. The molecule has 2 atom stereocenters. The first-order valence-corrected chi connectivity index (χ1v) is 8.16. The summed E-state index contributed by atoms with van der Waals surface area (Å²) in [4.78, 5) is 0. The summed E-state index contributed by atoms with van der Waals surface area (Å²) >= 11 is 0. The molecule has 122 valence electrons. The number of ether oxygens (including phenoxy) is 3. The number of methoxy groups -OCH3 is 1. The average Bonchev–Trinajstić information content (AvgIpc) is 2.61. The van der Waals surface area contributed by atoms with Gasteiger partial charge in [-0.25, -0.2) is 0 Å². The van der Waals surface area contributed by atoms with Crippen molar-refractivity contribution >= 4 is 0 Å². The van der Waals surface area contributed by atoms with E-state index in [0.717, 1.165) is 25.2 Å². The largest absolute Gasteiger partial charge is 0.489 e. The van der Waals surface area contributed by atoms with Gasteiger partial charge in [-0.15, -0.1) is 0 Å². The molecule has 3 nitrogen and oxygen atoms in total. The Bertz CT molecular complexity index is 626. The maximum Gasteiger partial charge on any atom is 0.120 e. The minimum atomic E-state index is -0.274. The normalized spacial score (nSPS) is 24.3. The highest BCUT2D eigenvalue weighted by Crippen LogP contribution is 2.39. The van der Waals surface area contributed by atoms with E-state index in [1.165, 1.54) is 11.1 Å². The van der Waals surface area contributed by atoms with E-state index in [1.807, 2.05) is 30.3 Å². The first-order valence-electron chi connectivity index (χ1n) is 8.16. The lowest BCUT2D eigenvalue weighted by Gasteiger charge is -2.39. The summed E-state index contributed by atoms with van der Waals surface area (Å²) in [6, 6.07) is 18.5. The second-order valence-electron chi connectivity index (χ2n) is 6.14. The van der Waals surface area contributed by atoms with Crippen LogP contribution >= 0.6 is 0 Å². The molecular weight excluding hydrogens is 288 g/mol. The van der Waals surface area contributed by atoms with Crippen LogP contribution in [0.15, 0.2) is 54.6 Å². The van der Waals surface area contributed by atoms with Crippen molar-refractivity contribution in [3.05, 3.63) is 65.7 Å². The number of hydrogen-bond acceptors (Lipinski definition) is 3. The lowest BCUT2D eigenvalue weighted by molar-refractivity contribution is -0.122. The summed E-state index contributed by atoms with van der Waals surface area (Å²) in [5.74, 6) is 0.877. The van der Waals surface area contributed by atoms with Crippen LogP contribution in [0.25, 0.3) is 0 Å². The van der Waals surface area contributed by atoms with Crippen molar-refractivity contribution in [3.8, 4) is 5.75 Å². The van der Waals surface area contributed by atoms with E-state index < -0.39 is 0 Å². The standard InChI is InChI=1S/C20H24O3/c1-16-14-20(21-2,11-12-22-16)18-9-6-10-19(13-18)23-15-17-7-4-3-5-8-17/h3-10,13,16H,11-12,14-15H2,1-2H3/t16-,20+/m0/s1. The molecule has 1 heterocycles. The zero-order chi connectivity index (χ0) is 16.1. The van der Waals surface area contributed by atoms with E-state index in [-0.39, 0.29) is 11.7 Å². The van der Waals surface area contributed by atoms with Crippen molar-refractivity contribution in [2.45, 2.75) is 38.1 Å². The number of rotatable bonds is 5. The van der Waals surface area contributed by atoms with E-state index in [4.69, 9.17) is 14.2 Å². The second kappa shape index (κ2) is 7.16. The van der Waals surface area contributed by atoms with Gasteiger partial charge in [0, 0.05) is 20.0 Å². The Kier molecular flexibility index (Phi) is 4.99. The van der Waals surface area contributed by atoms with Crippen LogP contribution < -0.4 is 4.74 Å².